The van der Waals surface area contributed by atoms with Gasteiger partial charge in [-0.1, -0.05) is 170 Å². The SMILES string of the molecule is c1ccc(-c2c3ccccc3c(-c3ccc4c(c3)-c3ccccc3-c3ccccc3-c3ccccc3-4)c3ccc(-c4ncnc5c4sc4ccccc45)cc23)cc1. The van der Waals surface area contributed by atoms with Gasteiger partial charge in [0, 0.05) is 15.6 Å². The van der Waals surface area contributed by atoms with Crippen molar-refractivity contribution in [3.8, 4) is 78.0 Å². The van der Waals surface area contributed by atoms with Crippen LogP contribution >= 0.6 is 11.3 Å². The molecule has 2 heterocycles. The predicted octanol–water partition coefficient (Wildman–Crippen LogP) is 15.1. The maximum absolute atomic E-state index is 4.94. The van der Waals surface area contributed by atoms with E-state index in [1.54, 1.807) is 17.7 Å². The Morgan fingerprint density at radius 1 is 0.316 bits per heavy atom. The van der Waals surface area contributed by atoms with Crippen LogP contribution in [0.15, 0.2) is 194 Å². The van der Waals surface area contributed by atoms with E-state index in [1.807, 2.05) is 0 Å². The van der Waals surface area contributed by atoms with Crippen LogP contribution in [0.1, 0.15) is 0 Å². The van der Waals surface area contributed by atoms with Gasteiger partial charge in [0.1, 0.15) is 6.33 Å². The topological polar surface area (TPSA) is 25.8 Å². The Hall–Kier alpha value is -7.20. The molecule has 2 aromatic heterocycles. The minimum absolute atomic E-state index is 0.966. The second-order valence-corrected chi connectivity index (χ2v) is 15.9. The predicted molar refractivity (Wildman–Crippen MR) is 242 cm³/mol. The highest BCUT2D eigenvalue weighted by Crippen LogP contribution is 2.51. The van der Waals surface area contributed by atoms with E-state index in [4.69, 9.17) is 9.97 Å². The van der Waals surface area contributed by atoms with Crippen molar-refractivity contribution in [2.45, 2.75) is 0 Å². The molecule has 0 amide bonds. The average Bonchev–Trinajstić information content (AvgIpc) is 3.67. The first-order chi connectivity index (χ1) is 28.3. The van der Waals surface area contributed by atoms with Gasteiger partial charge >= 0.3 is 0 Å². The van der Waals surface area contributed by atoms with Crippen molar-refractivity contribution >= 4 is 53.2 Å². The maximum atomic E-state index is 4.94. The van der Waals surface area contributed by atoms with Gasteiger partial charge in [-0.05, 0) is 107 Å². The van der Waals surface area contributed by atoms with Gasteiger partial charge in [-0.2, -0.15) is 0 Å². The number of hydrogen-bond donors (Lipinski definition) is 0. The molecule has 12 rings (SSSR count). The van der Waals surface area contributed by atoms with Gasteiger partial charge in [-0.25, -0.2) is 9.97 Å². The van der Waals surface area contributed by atoms with E-state index in [1.165, 1.54) is 98.4 Å². The number of nitrogens with zero attached hydrogens (tertiary/aromatic N) is 2. The molecule has 11 aromatic rings. The van der Waals surface area contributed by atoms with E-state index in [9.17, 15) is 0 Å². The zero-order chi connectivity index (χ0) is 37.5. The molecule has 1 aliphatic rings. The summed E-state index contributed by atoms with van der Waals surface area (Å²) in [7, 11) is 0. The Morgan fingerprint density at radius 2 is 0.807 bits per heavy atom. The summed E-state index contributed by atoms with van der Waals surface area (Å²) in [6, 6.07) is 69.0. The van der Waals surface area contributed by atoms with E-state index in [0.29, 0.717) is 0 Å². The normalized spacial score (nSPS) is 11.9. The number of rotatable bonds is 3. The van der Waals surface area contributed by atoms with Crippen molar-refractivity contribution in [1.29, 1.82) is 0 Å². The lowest BCUT2D eigenvalue weighted by Crippen LogP contribution is -1.98. The van der Waals surface area contributed by atoms with Crippen LogP contribution in [0.5, 0.6) is 0 Å². The molecule has 9 aromatic carbocycles. The molecule has 0 bridgehead atoms. The number of benzene rings is 9. The summed E-state index contributed by atoms with van der Waals surface area (Å²) in [4.78, 5) is 9.71. The smallest absolute Gasteiger partial charge is 0.116 e. The third kappa shape index (κ3) is 4.89. The molecule has 2 nitrogen and oxygen atoms in total. The third-order valence-electron chi connectivity index (χ3n) is 11.8. The summed E-state index contributed by atoms with van der Waals surface area (Å²) in [6.07, 6.45) is 1.72. The molecule has 0 spiro atoms. The molecule has 0 saturated heterocycles. The summed E-state index contributed by atoms with van der Waals surface area (Å²) >= 11 is 1.77. The molecule has 264 valence electrons. The molecule has 0 atom stereocenters. The van der Waals surface area contributed by atoms with E-state index < -0.39 is 0 Å². The van der Waals surface area contributed by atoms with Gasteiger partial charge in [0.25, 0.3) is 0 Å². The summed E-state index contributed by atoms with van der Waals surface area (Å²) in [5.41, 5.74) is 17.9. The van der Waals surface area contributed by atoms with Crippen LogP contribution in [0, 0.1) is 0 Å². The van der Waals surface area contributed by atoms with Gasteiger partial charge in [-0.3, -0.25) is 0 Å². The van der Waals surface area contributed by atoms with Crippen molar-refractivity contribution in [3.05, 3.63) is 194 Å². The van der Waals surface area contributed by atoms with Crippen molar-refractivity contribution in [1.82, 2.24) is 9.97 Å². The molecule has 57 heavy (non-hydrogen) atoms. The maximum Gasteiger partial charge on any atom is 0.116 e. The molecule has 0 saturated carbocycles. The summed E-state index contributed by atoms with van der Waals surface area (Å²) in [6.45, 7) is 0. The zero-order valence-corrected chi connectivity index (χ0v) is 31.6. The Bertz CT molecular complexity index is 3410. The summed E-state index contributed by atoms with van der Waals surface area (Å²) in [5, 5.41) is 6.04. The second kappa shape index (κ2) is 12.7. The first kappa shape index (κ1) is 32.1. The Balaban J connectivity index is 1.17. The minimum Gasteiger partial charge on any atom is -0.235 e. The van der Waals surface area contributed by atoms with Crippen LogP contribution in [0.2, 0.25) is 0 Å². The van der Waals surface area contributed by atoms with E-state index in [-0.39, 0.29) is 0 Å². The standard InChI is InChI=1S/C54H32N2S/c1-2-14-33(15-3-1)50-43-22-10-11-23-44(43)51(45-29-27-35(31-48(45)50)52-54-53(56-32-55-52)46-24-12-13-25-49(46)57-54)34-26-28-42-40-20-7-6-18-38(40)36-16-4-5-17-37(36)39-19-8-9-21-41(39)47(42)30-34/h1-32H. The molecule has 3 heteroatoms. The van der Waals surface area contributed by atoms with Crippen molar-refractivity contribution in [2.24, 2.45) is 0 Å². The first-order valence-corrected chi connectivity index (χ1v) is 20.2. The lowest BCUT2D eigenvalue weighted by Gasteiger charge is -2.24. The number of hydrogen-bond acceptors (Lipinski definition) is 3. The van der Waals surface area contributed by atoms with Gasteiger partial charge in [-0.15, -0.1) is 11.3 Å². The van der Waals surface area contributed by atoms with Crippen LogP contribution in [0.3, 0.4) is 0 Å². The monoisotopic (exact) mass is 740 g/mol. The summed E-state index contributed by atoms with van der Waals surface area (Å²) < 4.78 is 2.34. The molecule has 0 fully saturated rings. The molecular formula is C54H32N2S. The third-order valence-corrected chi connectivity index (χ3v) is 12.9. The highest BCUT2D eigenvalue weighted by atomic mass is 32.1. The van der Waals surface area contributed by atoms with Crippen LogP contribution < -0.4 is 0 Å². The van der Waals surface area contributed by atoms with E-state index in [2.05, 4.69) is 188 Å². The number of aromatic nitrogens is 2. The van der Waals surface area contributed by atoms with Crippen molar-refractivity contribution in [2.75, 3.05) is 0 Å². The largest absolute Gasteiger partial charge is 0.235 e. The van der Waals surface area contributed by atoms with Gasteiger partial charge in [0.15, 0.2) is 0 Å². The molecule has 0 unspecified atom stereocenters. The minimum atomic E-state index is 0.966. The van der Waals surface area contributed by atoms with E-state index >= 15 is 0 Å². The van der Waals surface area contributed by atoms with Crippen LogP contribution in [-0.2, 0) is 0 Å². The quantitative estimate of drug-likeness (QED) is 0.169. The Morgan fingerprint density at radius 3 is 1.46 bits per heavy atom. The van der Waals surface area contributed by atoms with Crippen LogP contribution in [0.4, 0.5) is 0 Å². The van der Waals surface area contributed by atoms with E-state index in [0.717, 1.165) is 21.5 Å². The van der Waals surface area contributed by atoms with Crippen LogP contribution in [0.25, 0.3) is 120 Å². The lowest BCUT2D eigenvalue weighted by atomic mass is 9.79. The zero-order valence-electron chi connectivity index (χ0n) is 30.8. The molecule has 0 N–H and O–H groups in total. The second-order valence-electron chi connectivity index (χ2n) is 14.8. The fraction of sp³-hybridized carbons (Fsp3) is 0. The number of fused-ring (bicyclic) bond motifs is 13. The van der Waals surface area contributed by atoms with Crippen molar-refractivity contribution < 1.29 is 0 Å². The lowest BCUT2D eigenvalue weighted by molar-refractivity contribution is 1.24. The van der Waals surface area contributed by atoms with Gasteiger partial charge in [0.05, 0.1) is 15.9 Å². The highest BCUT2D eigenvalue weighted by molar-refractivity contribution is 7.26. The molecule has 0 aliphatic heterocycles. The Labute approximate surface area is 334 Å². The fourth-order valence-corrected chi connectivity index (χ4v) is 10.5. The Kier molecular flexibility index (Phi) is 7.13. The fourth-order valence-electron chi connectivity index (χ4n) is 9.30. The van der Waals surface area contributed by atoms with Crippen molar-refractivity contribution in [3.63, 3.8) is 0 Å². The van der Waals surface area contributed by atoms with Crippen LogP contribution in [-0.4, -0.2) is 9.97 Å². The average molecular weight is 741 g/mol. The molecule has 0 radical (unpaired) electrons. The first-order valence-electron chi connectivity index (χ1n) is 19.4. The summed E-state index contributed by atoms with van der Waals surface area (Å²) in [5.74, 6) is 0. The molecule has 1 aliphatic carbocycles. The van der Waals surface area contributed by atoms with Gasteiger partial charge in [0.2, 0.25) is 0 Å². The highest BCUT2D eigenvalue weighted by Gasteiger charge is 2.24. The number of thiophene rings is 1. The molecular weight excluding hydrogens is 709 g/mol. The van der Waals surface area contributed by atoms with Gasteiger partial charge < -0.3 is 0 Å².